The number of benzene rings is 2. The van der Waals surface area contributed by atoms with Gasteiger partial charge < -0.3 is 5.32 Å². The van der Waals surface area contributed by atoms with Gasteiger partial charge in [-0.25, -0.2) is 4.39 Å². The lowest BCUT2D eigenvalue weighted by Gasteiger charge is -2.07. The second kappa shape index (κ2) is 5.68. The number of nitro benzene ring substituents is 1. The van der Waals surface area contributed by atoms with Crippen LogP contribution in [-0.2, 0) is 0 Å². The van der Waals surface area contributed by atoms with Crippen LogP contribution in [0, 0.1) is 38.6 Å². The number of hydrogen-bond donors (Lipinski definition) is 1. The third-order valence-electron chi connectivity index (χ3n) is 2.64. The Morgan fingerprint density at radius 1 is 1.05 bits per heavy atom. The van der Waals surface area contributed by atoms with Crippen molar-refractivity contribution in [1.29, 1.82) is 10.5 Å². The maximum absolute atomic E-state index is 13.3. The molecule has 7 heteroatoms. The van der Waals surface area contributed by atoms with Crippen molar-refractivity contribution in [2.24, 2.45) is 0 Å². The van der Waals surface area contributed by atoms with Crippen LogP contribution in [0.15, 0.2) is 36.4 Å². The lowest BCUT2D eigenvalue weighted by molar-refractivity contribution is -0.385. The molecule has 0 fully saturated rings. The van der Waals surface area contributed by atoms with Crippen molar-refractivity contribution in [2.45, 2.75) is 0 Å². The van der Waals surface area contributed by atoms with Gasteiger partial charge in [0, 0.05) is 17.4 Å². The molecule has 6 nitrogen and oxygen atoms in total. The smallest absolute Gasteiger partial charge is 0.274 e. The van der Waals surface area contributed by atoms with Gasteiger partial charge in [0.15, 0.2) is 0 Å². The van der Waals surface area contributed by atoms with Gasteiger partial charge in [-0.3, -0.25) is 10.1 Å². The minimum Gasteiger partial charge on any atom is -0.355 e. The van der Waals surface area contributed by atoms with Crippen LogP contribution in [0.4, 0.5) is 21.5 Å². The summed E-state index contributed by atoms with van der Waals surface area (Å²) in [6.07, 6.45) is 0. The zero-order valence-electron chi connectivity index (χ0n) is 10.5. The number of rotatable bonds is 3. The standard InChI is InChI=1S/C14H7FN4O2/c15-11-4-13(6-14(5-11)19(20)21)18-12-2-1-9(7-16)10(3-12)8-17/h1-6,18H. The minimum atomic E-state index is -0.749. The highest BCUT2D eigenvalue weighted by molar-refractivity contribution is 5.65. The fourth-order valence-corrected chi connectivity index (χ4v) is 1.73. The van der Waals surface area contributed by atoms with Crippen molar-refractivity contribution in [2.75, 3.05) is 5.32 Å². The molecule has 2 aromatic rings. The molecule has 0 amide bonds. The number of anilines is 2. The van der Waals surface area contributed by atoms with Gasteiger partial charge in [-0.15, -0.1) is 0 Å². The minimum absolute atomic E-state index is 0.161. The maximum Gasteiger partial charge on any atom is 0.274 e. The molecule has 2 aromatic carbocycles. The molecule has 0 saturated heterocycles. The molecule has 102 valence electrons. The summed E-state index contributed by atoms with van der Waals surface area (Å²) in [5, 5.41) is 31.2. The molecule has 2 rings (SSSR count). The summed E-state index contributed by atoms with van der Waals surface area (Å²) in [6.45, 7) is 0. The molecule has 0 aliphatic carbocycles. The van der Waals surface area contributed by atoms with E-state index in [2.05, 4.69) is 5.32 Å². The van der Waals surface area contributed by atoms with Gasteiger partial charge in [0.25, 0.3) is 5.69 Å². The summed E-state index contributed by atoms with van der Waals surface area (Å²) in [5.41, 5.74) is 0.592. The summed E-state index contributed by atoms with van der Waals surface area (Å²) in [4.78, 5) is 9.97. The van der Waals surface area contributed by atoms with E-state index in [0.29, 0.717) is 5.69 Å². The van der Waals surface area contributed by atoms with Gasteiger partial charge in [-0.1, -0.05) is 0 Å². The fraction of sp³-hybridized carbons (Fsp3) is 0. The highest BCUT2D eigenvalue weighted by Gasteiger charge is 2.10. The number of nitrogens with one attached hydrogen (secondary N) is 1. The predicted molar refractivity (Wildman–Crippen MR) is 72.2 cm³/mol. The first-order chi connectivity index (χ1) is 10.0. The predicted octanol–water partition coefficient (Wildman–Crippen LogP) is 3.22. The van der Waals surface area contributed by atoms with Crippen molar-refractivity contribution in [1.82, 2.24) is 0 Å². The van der Waals surface area contributed by atoms with Gasteiger partial charge >= 0.3 is 0 Å². The average molecular weight is 282 g/mol. The zero-order chi connectivity index (χ0) is 15.4. The van der Waals surface area contributed by atoms with E-state index < -0.39 is 10.7 Å². The largest absolute Gasteiger partial charge is 0.355 e. The molecular formula is C14H7FN4O2. The normalized spacial score (nSPS) is 9.48. The Kier molecular flexibility index (Phi) is 3.78. The summed E-state index contributed by atoms with van der Waals surface area (Å²) >= 11 is 0. The van der Waals surface area contributed by atoms with Crippen molar-refractivity contribution in [3.05, 3.63) is 63.5 Å². The van der Waals surface area contributed by atoms with Crippen LogP contribution in [0.2, 0.25) is 0 Å². The first kappa shape index (κ1) is 14.0. The van der Waals surface area contributed by atoms with E-state index in [9.17, 15) is 14.5 Å². The van der Waals surface area contributed by atoms with E-state index in [4.69, 9.17) is 10.5 Å². The first-order valence-electron chi connectivity index (χ1n) is 5.70. The molecule has 0 bridgehead atoms. The Morgan fingerprint density at radius 3 is 2.38 bits per heavy atom. The van der Waals surface area contributed by atoms with E-state index in [-0.39, 0.29) is 22.5 Å². The van der Waals surface area contributed by atoms with Crippen LogP contribution in [0.3, 0.4) is 0 Å². The van der Waals surface area contributed by atoms with E-state index in [1.54, 1.807) is 0 Å². The quantitative estimate of drug-likeness (QED) is 0.687. The van der Waals surface area contributed by atoms with Gasteiger partial charge in [0.1, 0.15) is 18.0 Å². The Balaban J connectivity index is 2.37. The van der Waals surface area contributed by atoms with Crippen molar-refractivity contribution in [3.8, 4) is 12.1 Å². The molecule has 0 heterocycles. The van der Waals surface area contributed by atoms with Gasteiger partial charge in [-0.05, 0) is 24.3 Å². The van der Waals surface area contributed by atoms with Crippen LogP contribution >= 0.6 is 0 Å². The Hall–Kier alpha value is -3.45. The topological polar surface area (TPSA) is 103 Å². The second-order valence-electron chi connectivity index (χ2n) is 4.06. The zero-order valence-corrected chi connectivity index (χ0v) is 10.5. The van der Waals surface area contributed by atoms with E-state index in [1.165, 1.54) is 24.3 Å². The number of nitrogens with zero attached hydrogens (tertiary/aromatic N) is 3. The lowest BCUT2D eigenvalue weighted by atomic mass is 10.1. The van der Waals surface area contributed by atoms with Gasteiger partial charge in [0.2, 0.25) is 0 Å². The molecule has 0 spiro atoms. The van der Waals surface area contributed by atoms with Crippen LogP contribution in [0.25, 0.3) is 0 Å². The third-order valence-corrected chi connectivity index (χ3v) is 2.64. The van der Waals surface area contributed by atoms with E-state index in [0.717, 1.165) is 12.1 Å². The highest BCUT2D eigenvalue weighted by Crippen LogP contribution is 2.24. The number of hydrogen-bond acceptors (Lipinski definition) is 5. The van der Waals surface area contributed by atoms with Crippen molar-refractivity contribution in [3.63, 3.8) is 0 Å². The Bertz CT molecular complexity index is 806. The molecule has 0 aromatic heterocycles. The molecule has 0 aliphatic heterocycles. The number of nitriles is 2. The third kappa shape index (κ3) is 3.11. The van der Waals surface area contributed by atoms with E-state index >= 15 is 0 Å². The molecule has 0 aliphatic rings. The lowest BCUT2D eigenvalue weighted by Crippen LogP contribution is -1.96. The summed E-state index contributed by atoms with van der Waals surface area (Å²) < 4.78 is 13.3. The summed E-state index contributed by atoms with van der Waals surface area (Å²) in [5.74, 6) is -0.749. The van der Waals surface area contributed by atoms with Crippen LogP contribution in [0.1, 0.15) is 11.1 Å². The molecule has 0 unspecified atom stereocenters. The van der Waals surface area contributed by atoms with Crippen molar-refractivity contribution < 1.29 is 9.31 Å². The number of nitro groups is 1. The summed E-state index contributed by atoms with van der Waals surface area (Å²) in [7, 11) is 0. The van der Waals surface area contributed by atoms with Gasteiger partial charge in [-0.2, -0.15) is 10.5 Å². The van der Waals surface area contributed by atoms with Gasteiger partial charge in [0.05, 0.1) is 22.1 Å². The molecule has 0 radical (unpaired) electrons. The van der Waals surface area contributed by atoms with Crippen LogP contribution in [0.5, 0.6) is 0 Å². The molecule has 21 heavy (non-hydrogen) atoms. The summed E-state index contributed by atoms with van der Waals surface area (Å²) in [6, 6.07) is 11.2. The highest BCUT2D eigenvalue weighted by atomic mass is 19.1. The number of halogens is 1. The first-order valence-corrected chi connectivity index (χ1v) is 5.70. The SMILES string of the molecule is N#Cc1ccc(Nc2cc(F)cc([N+](=O)[O-])c2)cc1C#N. The van der Waals surface area contributed by atoms with Crippen LogP contribution in [-0.4, -0.2) is 4.92 Å². The number of non-ortho nitro benzene ring substituents is 1. The Morgan fingerprint density at radius 2 is 1.76 bits per heavy atom. The molecule has 0 saturated carbocycles. The van der Waals surface area contributed by atoms with Crippen LogP contribution < -0.4 is 5.32 Å². The molecule has 1 N–H and O–H groups in total. The molecular weight excluding hydrogens is 275 g/mol. The fourth-order valence-electron chi connectivity index (χ4n) is 1.73. The van der Waals surface area contributed by atoms with Crippen molar-refractivity contribution >= 4 is 17.1 Å². The Labute approximate surface area is 118 Å². The monoisotopic (exact) mass is 282 g/mol. The van der Waals surface area contributed by atoms with E-state index in [1.807, 2.05) is 12.1 Å². The average Bonchev–Trinajstić information content (AvgIpc) is 2.46. The second-order valence-corrected chi connectivity index (χ2v) is 4.06. The maximum atomic E-state index is 13.3. The molecule has 0 atom stereocenters.